The quantitative estimate of drug-likeness (QED) is 0.493. The minimum atomic E-state index is -1.12. The molecule has 6 heteroatoms. The second kappa shape index (κ2) is 4.12. The summed E-state index contributed by atoms with van der Waals surface area (Å²) in [6, 6.07) is 0. The summed E-state index contributed by atoms with van der Waals surface area (Å²) in [6.07, 6.45) is 1.43. The zero-order chi connectivity index (χ0) is 5.98. The molecule has 1 N–H and O–H groups in total. The van der Waals surface area contributed by atoms with E-state index in [2.05, 4.69) is 10.3 Å². The Kier molecular flexibility index (Phi) is 4.24. The Morgan fingerprint density at radius 1 is 1.67 bits per heavy atom. The first-order chi connectivity index (χ1) is 3.80. The second-order valence-corrected chi connectivity index (χ2v) is 1.13. The molecule has 0 fully saturated rings. The first kappa shape index (κ1) is 9.25. The first-order valence-corrected chi connectivity index (χ1v) is 1.90. The zero-order valence-electron chi connectivity index (χ0n) is 3.85. The van der Waals surface area contributed by atoms with Gasteiger partial charge in [-0.3, -0.25) is 0 Å². The Hall–Kier alpha value is 0.246. The van der Waals surface area contributed by atoms with Gasteiger partial charge in [0.15, 0.2) is 0 Å². The molecule has 0 radical (unpaired) electrons. The molecule has 0 unspecified atom stereocenters. The Balaban J connectivity index is 0.000000640. The predicted molar refractivity (Wildman–Crippen MR) is 30.6 cm³/mol. The van der Waals surface area contributed by atoms with Crippen LogP contribution in [0.5, 0.6) is 0 Å². The minimum absolute atomic E-state index is 0. The molecule has 5 nitrogen and oxygen atoms in total. The average molecular weight is 153 g/mol. The fraction of sp³-hybridized carbons (Fsp3) is 0. The predicted octanol–water partition coefficient (Wildman–Crippen LogP) is -0.844. The molecule has 9 heavy (non-hydrogen) atoms. The van der Waals surface area contributed by atoms with Gasteiger partial charge in [-0.15, -0.1) is 5.10 Å². The molecule has 0 spiro atoms. The van der Waals surface area contributed by atoms with E-state index in [4.69, 9.17) is 5.11 Å². The van der Waals surface area contributed by atoms with E-state index in [1.165, 1.54) is 12.4 Å². The van der Waals surface area contributed by atoms with Gasteiger partial charge < -0.3 is 5.11 Å². The van der Waals surface area contributed by atoms with E-state index in [0.717, 1.165) is 4.68 Å². The Morgan fingerprint density at radius 2 is 2.33 bits per heavy atom. The number of nitrogens with zero attached hydrogens (tertiary/aromatic N) is 3. The van der Waals surface area contributed by atoms with Crippen molar-refractivity contribution in [3.8, 4) is 0 Å². The van der Waals surface area contributed by atoms with Gasteiger partial charge >= 0.3 is 57.5 Å². The molecule has 0 aliphatic carbocycles. The van der Waals surface area contributed by atoms with Crippen LogP contribution in [0, 0.1) is 0 Å². The van der Waals surface area contributed by atoms with Gasteiger partial charge in [-0.1, -0.05) is 5.21 Å². The van der Waals surface area contributed by atoms with Gasteiger partial charge in [0.2, 0.25) is 0 Å². The number of aromatic nitrogens is 3. The number of carbonyl (C=O) groups is 1. The molecular formula is C3H4KN3O2. The molecule has 1 aromatic rings. The standard InChI is InChI=1S/C3H3N3O2.K.H/c7-3(8)6-2-1-4-5-6;;/h1-2H,(H,7,8);;. The van der Waals surface area contributed by atoms with Crippen LogP contribution in [-0.4, -0.2) is 77.6 Å². The molecule has 0 atom stereocenters. The van der Waals surface area contributed by atoms with Crippen molar-refractivity contribution in [1.82, 2.24) is 15.0 Å². The Labute approximate surface area is 93.5 Å². The Bertz CT molecular complexity index is 185. The number of hydrogen-bond acceptors (Lipinski definition) is 3. The van der Waals surface area contributed by atoms with E-state index in [0.29, 0.717) is 0 Å². The molecule has 0 aromatic carbocycles. The van der Waals surface area contributed by atoms with Gasteiger partial charge in [0.25, 0.3) is 0 Å². The third-order valence-electron chi connectivity index (χ3n) is 0.619. The van der Waals surface area contributed by atoms with Crippen molar-refractivity contribution in [2.24, 2.45) is 0 Å². The van der Waals surface area contributed by atoms with E-state index in [9.17, 15) is 4.79 Å². The van der Waals surface area contributed by atoms with E-state index in [1.54, 1.807) is 0 Å². The van der Waals surface area contributed by atoms with Gasteiger partial charge in [0, 0.05) is 0 Å². The van der Waals surface area contributed by atoms with Crippen LogP contribution in [0.15, 0.2) is 12.4 Å². The van der Waals surface area contributed by atoms with Crippen molar-refractivity contribution >= 4 is 57.5 Å². The fourth-order valence-electron chi connectivity index (χ4n) is 0.310. The summed E-state index contributed by atoms with van der Waals surface area (Å²) < 4.78 is 0.722. The fourth-order valence-corrected chi connectivity index (χ4v) is 0.310. The summed E-state index contributed by atoms with van der Waals surface area (Å²) in [4.78, 5) is 9.92. The van der Waals surface area contributed by atoms with Crippen molar-refractivity contribution in [3.63, 3.8) is 0 Å². The summed E-state index contributed by atoms with van der Waals surface area (Å²) in [5, 5.41) is 14.6. The summed E-state index contributed by atoms with van der Waals surface area (Å²) >= 11 is 0. The van der Waals surface area contributed by atoms with E-state index >= 15 is 0 Å². The molecule has 1 aromatic heterocycles. The van der Waals surface area contributed by atoms with Crippen molar-refractivity contribution < 1.29 is 9.90 Å². The molecule has 0 bridgehead atoms. The van der Waals surface area contributed by atoms with Crippen LogP contribution in [0.3, 0.4) is 0 Å². The van der Waals surface area contributed by atoms with Crippen molar-refractivity contribution in [1.29, 1.82) is 0 Å². The van der Waals surface area contributed by atoms with Crippen molar-refractivity contribution in [3.05, 3.63) is 12.4 Å². The van der Waals surface area contributed by atoms with Gasteiger partial charge in [0.05, 0.1) is 12.4 Å². The number of carboxylic acid groups (broad SMARTS) is 1. The average Bonchev–Trinajstić information content (AvgIpc) is 2.12. The van der Waals surface area contributed by atoms with Gasteiger partial charge in [-0.25, -0.2) is 4.79 Å². The molecule has 0 saturated carbocycles. The molecule has 0 aliphatic heterocycles. The van der Waals surface area contributed by atoms with Crippen LogP contribution in [0.2, 0.25) is 0 Å². The Morgan fingerprint density at radius 3 is 2.56 bits per heavy atom. The molecule has 0 aliphatic rings. The zero-order valence-corrected chi connectivity index (χ0v) is 3.85. The van der Waals surface area contributed by atoms with Crippen LogP contribution in [0.4, 0.5) is 4.79 Å². The van der Waals surface area contributed by atoms with E-state index < -0.39 is 6.09 Å². The molecule has 0 saturated heterocycles. The number of rotatable bonds is 0. The first-order valence-electron chi connectivity index (χ1n) is 1.90. The SMILES string of the molecule is O=C(O)n1ccnn1.[KH]. The van der Waals surface area contributed by atoms with Gasteiger partial charge in [0.1, 0.15) is 0 Å². The van der Waals surface area contributed by atoms with Gasteiger partial charge in [-0.2, -0.15) is 4.68 Å². The van der Waals surface area contributed by atoms with Crippen LogP contribution in [0.1, 0.15) is 0 Å². The van der Waals surface area contributed by atoms with Gasteiger partial charge in [-0.05, 0) is 0 Å². The molecule has 1 heterocycles. The molecule has 44 valence electrons. The topological polar surface area (TPSA) is 68.0 Å². The van der Waals surface area contributed by atoms with Crippen LogP contribution in [0.25, 0.3) is 0 Å². The van der Waals surface area contributed by atoms with Crippen molar-refractivity contribution in [2.45, 2.75) is 0 Å². The molecule has 1 rings (SSSR count). The van der Waals surface area contributed by atoms with E-state index in [1.807, 2.05) is 0 Å². The van der Waals surface area contributed by atoms with E-state index in [-0.39, 0.29) is 51.4 Å². The normalized spacial score (nSPS) is 8.00. The van der Waals surface area contributed by atoms with Crippen LogP contribution < -0.4 is 0 Å². The molecular weight excluding hydrogens is 149 g/mol. The number of hydrogen-bond donors (Lipinski definition) is 1. The third-order valence-corrected chi connectivity index (χ3v) is 0.619. The monoisotopic (exact) mass is 153 g/mol. The summed E-state index contributed by atoms with van der Waals surface area (Å²) in [6.45, 7) is 0. The maximum atomic E-state index is 9.92. The van der Waals surface area contributed by atoms with Crippen LogP contribution in [-0.2, 0) is 0 Å². The van der Waals surface area contributed by atoms with Crippen molar-refractivity contribution in [2.75, 3.05) is 0 Å². The third kappa shape index (κ3) is 2.54. The summed E-state index contributed by atoms with van der Waals surface area (Å²) in [5.74, 6) is 0. The summed E-state index contributed by atoms with van der Waals surface area (Å²) in [5.41, 5.74) is 0. The summed E-state index contributed by atoms with van der Waals surface area (Å²) in [7, 11) is 0. The van der Waals surface area contributed by atoms with Crippen LogP contribution >= 0.6 is 0 Å². The second-order valence-electron chi connectivity index (χ2n) is 1.13. The molecule has 0 amide bonds. The maximum absolute atomic E-state index is 9.92.